The van der Waals surface area contributed by atoms with Crippen molar-refractivity contribution in [1.82, 2.24) is 4.72 Å². The van der Waals surface area contributed by atoms with Crippen LogP contribution in [0.3, 0.4) is 0 Å². The number of ether oxygens (including phenoxy) is 3. The van der Waals surface area contributed by atoms with Gasteiger partial charge >= 0.3 is 0 Å². The van der Waals surface area contributed by atoms with Gasteiger partial charge < -0.3 is 19.5 Å². The number of methoxy groups -OCH3 is 2. The van der Waals surface area contributed by atoms with Crippen LogP contribution in [0.5, 0.6) is 23.0 Å². The number of rotatable bonds is 8. The van der Waals surface area contributed by atoms with E-state index in [2.05, 4.69) is 10.0 Å². The summed E-state index contributed by atoms with van der Waals surface area (Å²) in [7, 11) is 0.862. The summed E-state index contributed by atoms with van der Waals surface area (Å²) < 4.78 is 42.2. The fourth-order valence-electron chi connectivity index (χ4n) is 2.71. The maximum Gasteiger partial charge on any atom is 0.255 e. The molecule has 1 amide bonds. The SMILES string of the molecule is CNS(=O)(=O)c1ccc(C(=O)Nc2ccc(OC)c(Oc3ccc(OC)cc3)c2)cc1. The number of hydrogen-bond donors (Lipinski definition) is 2. The third-order valence-corrected chi connectivity index (χ3v) is 5.83. The van der Waals surface area contributed by atoms with Crippen LogP contribution in [-0.2, 0) is 10.0 Å². The maximum atomic E-state index is 12.6. The normalized spacial score (nSPS) is 10.9. The van der Waals surface area contributed by atoms with Crippen molar-refractivity contribution >= 4 is 21.6 Å². The number of amides is 1. The molecular weight excluding hydrogens is 420 g/mol. The second kappa shape index (κ2) is 9.50. The molecule has 9 heteroatoms. The molecule has 0 saturated carbocycles. The van der Waals surface area contributed by atoms with Gasteiger partial charge in [0.1, 0.15) is 11.5 Å². The molecule has 2 N–H and O–H groups in total. The van der Waals surface area contributed by atoms with Crippen LogP contribution in [0.15, 0.2) is 71.6 Å². The summed E-state index contributed by atoms with van der Waals surface area (Å²) in [5.74, 6) is 1.79. The highest BCUT2D eigenvalue weighted by molar-refractivity contribution is 7.89. The van der Waals surface area contributed by atoms with Crippen LogP contribution in [-0.4, -0.2) is 35.6 Å². The zero-order chi connectivity index (χ0) is 22.4. The lowest BCUT2D eigenvalue weighted by Crippen LogP contribution is -2.19. The van der Waals surface area contributed by atoms with Gasteiger partial charge in [-0.25, -0.2) is 13.1 Å². The monoisotopic (exact) mass is 442 g/mol. The van der Waals surface area contributed by atoms with E-state index in [1.54, 1.807) is 49.6 Å². The lowest BCUT2D eigenvalue weighted by molar-refractivity contribution is 0.102. The summed E-state index contributed by atoms with van der Waals surface area (Å²) in [6.45, 7) is 0. The lowest BCUT2D eigenvalue weighted by Gasteiger charge is -2.13. The molecule has 0 aliphatic rings. The second-order valence-corrected chi connectivity index (χ2v) is 8.22. The Hall–Kier alpha value is -3.56. The van der Waals surface area contributed by atoms with E-state index in [0.29, 0.717) is 34.2 Å². The summed E-state index contributed by atoms with van der Waals surface area (Å²) in [6, 6.07) is 17.7. The minimum Gasteiger partial charge on any atom is -0.497 e. The molecule has 31 heavy (non-hydrogen) atoms. The van der Waals surface area contributed by atoms with Crippen LogP contribution in [0.2, 0.25) is 0 Å². The Morgan fingerprint density at radius 1 is 0.806 bits per heavy atom. The smallest absolute Gasteiger partial charge is 0.255 e. The quantitative estimate of drug-likeness (QED) is 0.552. The molecule has 0 spiro atoms. The van der Waals surface area contributed by atoms with Gasteiger partial charge in [-0.1, -0.05) is 0 Å². The first kappa shape index (κ1) is 22.1. The van der Waals surface area contributed by atoms with Gasteiger partial charge in [0.05, 0.1) is 19.1 Å². The van der Waals surface area contributed by atoms with Crippen LogP contribution >= 0.6 is 0 Å². The third kappa shape index (κ3) is 5.33. The van der Waals surface area contributed by atoms with Crippen molar-refractivity contribution in [3.63, 3.8) is 0 Å². The van der Waals surface area contributed by atoms with Crippen LogP contribution in [0.25, 0.3) is 0 Å². The first-order valence-corrected chi connectivity index (χ1v) is 10.7. The van der Waals surface area contributed by atoms with Crippen LogP contribution < -0.4 is 24.2 Å². The molecule has 0 unspecified atom stereocenters. The number of carbonyl (C=O) groups is 1. The van der Waals surface area contributed by atoms with E-state index in [-0.39, 0.29) is 4.90 Å². The van der Waals surface area contributed by atoms with Gasteiger partial charge in [-0.2, -0.15) is 0 Å². The van der Waals surface area contributed by atoms with E-state index < -0.39 is 15.9 Å². The molecule has 0 bridgehead atoms. The minimum atomic E-state index is -3.57. The van der Waals surface area contributed by atoms with E-state index in [4.69, 9.17) is 14.2 Å². The highest BCUT2D eigenvalue weighted by atomic mass is 32.2. The van der Waals surface area contributed by atoms with E-state index in [0.717, 1.165) is 0 Å². The molecular formula is C22H22N2O6S. The summed E-state index contributed by atoms with van der Waals surface area (Å²) in [4.78, 5) is 12.7. The second-order valence-electron chi connectivity index (χ2n) is 6.33. The zero-order valence-corrected chi connectivity index (χ0v) is 18.0. The predicted molar refractivity (Wildman–Crippen MR) is 117 cm³/mol. The van der Waals surface area contributed by atoms with Crippen LogP contribution in [0.1, 0.15) is 10.4 Å². The molecule has 3 aromatic rings. The van der Waals surface area contributed by atoms with Crippen molar-refractivity contribution in [2.24, 2.45) is 0 Å². The number of carbonyl (C=O) groups excluding carboxylic acids is 1. The van der Waals surface area contributed by atoms with E-state index in [1.165, 1.54) is 38.4 Å². The average molecular weight is 442 g/mol. The maximum absolute atomic E-state index is 12.6. The predicted octanol–water partition coefficient (Wildman–Crippen LogP) is 3.66. The molecule has 0 aliphatic carbocycles. The number of nitrogens with one attached hydrogen (secondary N) is 2. The van der Waals surface area contributed by atoms with E-state index in [9.17, 15) is 13.2 Å². The van der Waals surface area contributed by atoms with E-state index >= 15 is 0 Å². The van der Waals surface area contributed by atoms with Gasteiger partial charge in [0.25, 0.3) is 5.91 Å². The lowest BCUT2D eigenvalue weighted by atomic mass is 10.2. The van der Waals surface area contributed by atoms with Gasteiger partial charge in [0.15, 0.2) is 11.5 Å². The highest BCUT2D eigenvalue weighted by Gasteiger charge is 2.14. The summed E-state index contributed by atoms with van der Waals surface area (Å²) >= 11 is 0. The third-order valence-electron chi connectivity index (χ3n) is 4.40. The van der Waals surface area contributed by atoms with Crippen molar-refractivity contribution < 1.29 is 27.4 Å². The topological polar surface area (TPSA) is 103 Å². The molecule has 0 saturated heterocycles. The fraction of sp³-hybridized carbons (Fsp3) is 0.136. The number of anilines is 1. The average Bonchev–Trinajstić information content (AvgIpc) is 2.80. The largest absolute Gasteiger partial charge is 0.497 e. The molecule has 0 aromatic heterocycles. The zero-order valence-electron chi connectivity index (χ0n) is 17.2. The van der Waals surface area contributed by atoms with Crippen LogP contribution in [0, 0.1) is 0 Å². The summed E-state index contributed by atoms with van der Waals surface area (Å²) in [6.07, 6.45) is 0. The molecule has 3 rings (SSSR count). The Balaban J connectivity index is 1.78. The van der Waals surface area contributed by atoms with Crippen molar-refractivity contribution in [2.45, 2.75) is 4.90 Å². The molecule has 3 aromatic carbocycles. The Bertz CT molecular complexity index is 1160. The van der Waals surface area contributed by atoms with Crippen molar-refractivity contribution in [3.05, 3.63) is 72.3 Å². The van der Waals surface area contributed by atoms with Crippen molar-refractivity contribution in [1.29, 1.82) is 0 Å². The Kier molecular flexibility index (Phi) is 6.78. The molecule has 0 radical (unpaired) electrons. The highest BCUT2D eigenvalue weighted by Crippen LogP contribution is 2.34. The minimum absolute atomic E-state index is 0.0752. The summed E-state index contributed by atoms with van der Waals surface area (Å²) in [5, 5.41) is 2.77. The fourth-order valence-corrected chi connectivity index (χ4v) is 3.44. The molecule has 0 atom stereocenters. The Morgan fingerprint density at radius 3 is 2.03 bits per heavy atom. The van der Waals surface area contributed by atoms with Gasteiger partial charge in [0.2, 0.25) is 10.0 Å². The number of benzene rings is 3. The molecule has 0 fully saturated rings. The Labute approximate surface area is 180 Å². The summed E-state index contributed by atoms with van der Waals surface area (Å²) in [5.41, 5.74) is 0.796. The standard InChI is InChI=1S/C22H22N2O6S/c1-23-31(26,27)19-11-4-15(5-12-19)22(25)24-16-6-13-20(29-3)21(14-16)30-18-9-7-17(28-2)8-10-18/h4-14,23H,1-3H3,(H,24,25). The molecule has 0 heterocycles. The molecule has 0 aliphatic heterocycles. The van der Waals surface area contributed by atoms with Gasteiger partial charge in [-0.3, -0.25) is 4.79 Å². The Morgan fingerprint density at radius 2 is 1.45 bits per heavy atom. The van der Waals surface area contributed by atoms with Crippen molar-refractivity contribution in [2.75, 3.05) is 26.6 Å². The number of hydrogen-bond acceptors (Lipinski definition) is 6. The van der Waals surface area contributed by atoms with Crippen molar-refractivity contribution in [3.8, 4) is 23.0 Å². The molecule has 162 valence electrons. The van der Waals surface area contributed by atoms with E-state index in [1.807, 2.05) is 0 Å². The van der Waals surface area contributed by atoms with Gasteiger partial charge in [-0.05, 0) is 67.7 Å². The first-order valence-electron chi connectivity index (χ1n) is 9.21. The van der Waals surface area contributed by atoms with Gasteiger partial charge in [0, 0.05) is 17.3 Å². The van der Waals surface area contributed by atoms with Gasteiger partial charge in [-0.15, -0.1) is 0 Å². The number of sulfonamides is 1. The molecule has 8 nitrogen and oxygen atoms in total. The first-order chi connectivity index (χ1) is 14.9. The van der Waals surface area contributed by atoms with Crippen LogP contribution in [0.4, 0.5) is 5.69 Å².